The van der Waals surface area contributed by atoms with Gasteiger partial charge in [0, 0.05) is 12.8 Å². The normalized spacial score (nSPS) is 22.2. The van der Waals surface area contributed by atoms with Gasteiger partial charge in [-0.1, -0.05) is 173 Å². The molecular formula is C47H87O13P. The molecule has 1 rings (SSSR count). The largest absolute Gasteiger partial charge is 0.472 e. The van der Waals surface area contributed by atoms with Crippen LogP contribution in [-0.4, -0.2) is 98.3 Å². The summed E-state index contributed by atoms with van der Waals surface area (Å²) in [6, 6.07) is 0. The van der Waals surface area contributed by atoms with E-state index in [9.17, 15) is 44.6 Å². The predicted molar refractivity (Wildman–Crippen MR) is 240 cm³/mol. The molecule has 358 valence electrons. The highest BCUT2D eigenvalue weighted by Gasteiger charge is 2.51. The van der Waals surface area contributed by atoms with Gasteiger partial charge in [-0.3, -0.25) is 18.6 Å². The van der Waals surface area contributed by atoms with Gasteiger partial charge in [0.05, 0.1) is 6.61 Å². The average Bonchev–Trinajstić information content (AvgIpc) is 3.24. The third-order valence-corrected chi connectivity index (χ3v) is 12.3. The number of rotatable bonds is 40. The fraction of sp³-hybridized carbons (Fsp3) is 0.872. The molecule has 0 spiro atoms. The standard InChI is InChI=1S/C47H87O13P/c1-3-5-7-9-11-13-15-17-19-20-22-24-26-28-30-32-34-36-41(49)59-39(38-58-61(55,56)60-47-45(53)43(51)42(50)44(52)46(47)54)37-57-40(48)35-33-31-29-27-25-23-21-18-16-14-12-10-8-6-4-2/h11,13,17,19,39,42-47,50-54H,3-10,12,14-16,18,20-38H2,1-2H3,(H,55,56). The molecule has 0 aliphatic heterocycles. The van der Waals surface area contributed by atoms with E-state index in [2.05, 4.69) is 38.2 Å². The SMILES string of the molecule is CCCCCC=CCC=CCCCCCCCCCC(=O)OC(COC(=O)CCCCCCCCCCCCCCCCC)COP(=O)(O)OC1C(O)C(O)C(O)C(O)C1O. The molecule has 0 aromatic carbocycles. The van der Waals surface area contributed by atoms with E-state index in [1.807, 2.05) is 0 Å². The van der Waals surface area contributed by atoms with Crippen LogP contribution in [0.4, 0.5) is 0 Å². The van der Waals surface area contributed by atoms with Crippen LogP contribution in [0, 0.1) is 0 Å². The molecule has 0 heterocycles. The zero-order valence-corrected chi connectivity index (χ0v) is 38.9. The topological polar surface area (TPSA) is 210 Å². The molecule has 6 atom stereocenters. The molecule has 1 fully saturated rings. The van der Waals surface area contributed by atoms with Crippen molar-refractivity contribution >= 4 is 19.8 Å². The number of hydrogen-bond donors (Lipinski definition) is 6. The molecular weight excluding hydrogens is 803 g/mol. The molecule has 0 aromatic heterocycles. The van der Waals surface area contributed by atoms with Crippen LogP contribution < -0.4 is 0 Å². The molecule has 0 bridgehead atoms. The third kappa shape index (κ3) is 30.2. The number of aliphatic hydroxyl groups excluding tert-OH is 5. The summed E-state index contributed by atoms with van der Waals surface area (Å²) in [6.07, 6.45) is 27.9. The second-order valence-corrected chi connectivity index (χ2v) is 18.4. The number of unbranched alkanes of at least 4 members (excludes halogenated alkanes) is 24. The predicted octanol–water partition coefficient (Wildman–Crippen LogP) is 9.62. The molecule has 1 aliphatic rings. The molecule has 61 heavy (non-hydrogen) atoms. The number of phosphoric ester groups is 1. The first-order valence-corrected chi connectivity index (χ1v) is 25.6. The maximum Gasteiger partial charge on any atom is 0.472 e. The van der Waals surface area contributed by atoms with Crippen LogP contribution in [0.1, 0.15) is 206 Å². The Kier molecular flexibility index (Phi) is 35.4. The van der Waals surface area contributed by atoms with Crippen molar-refractivity contribution in [2.75, 3.05) is 13.2 Å². The Morgan fingerprint density at radius 3 is 1.36 bits per heavy atom. The number of ether oxygens (including phenoxy) is 2. The molecule has 0 saturated heterocycles. The Balaban J connectivity index is 2.44. The summed E-state index contributed by atoms with van der Waals surface area (Å²) in [5, 5.41) is 50.2. The molecule has 0 amide bonds. The Morgan fingerprint density at radius 1 is 0.508 bits per heavy atom. The number of aliphatic hydroxyl groups is 5. The van der Waals surface area contributed by atoms with Gasteiger partial charge in [0.2, 0.25) is 0 Å². The van der Waals surface area contributed by atoms with Gasteiger partial charge < -0.3 is 39.9 Å². The summed E-state index contributed by atoms with van der Waals surface area (Å²) in [5.41, 5.74) is 0. The van der Waals surface area contributed by atoms with E-state index >= 15 is 0 Å². The van der Waals surface area contributed by atoms with Crippen LogP contribution in [0.2, 0.25) is 0 Å². The minimum absolute atomic E-state index is 0.0905. The van der Waals surface area contributed by atoms with Crippen LogP contribution in [0.3, 0.4) is 0 Å². The molecule has 1 aliphatic carbocycles. The lowest BCUT2D eigenvalue weighted by atomic mass is 9.85. The van der Waals surface area contributed by atoms with Gasteiger partial charge in [0.1, 0.15) is 43.2 Å². The van der Waals surface area contributed by atoms with Crippen molar-refractivity contribution in [1.82, 2.24) is 0 Å². The van der Waals surface area contributed by atoms with E-state index in [0.29, 0.717) is 12.8 Å². The number of esters is 2. The zero-order valence-electron chi connectivity index (χ0n) is 38.0. The molecule has 1 saturated carbocycles. The van der Waals surface area contributed by atoms with Gasteiger partial charge in [0.25, 0.3) is 0 Å². The molecule has 6 N–H and O–H groups in total. The molecule has 13 nitrogen and oxygen atoms in total. The molecule has 0 radical (unpaired) electrons. The fourth-order valence-electron chi connectivity index (χ4n) is 7.38. The summed E-state index contributed by atoms with van der Waals surface area (Å²) < 4.78 is 33.6. The fourth-order valence-corrected chi connectivity index (χ4v) is 8.35. The van der Waals surface area contributed by atoms with E-state index in [1.54, 1.807) is 0 Å². The first-order chi connectivity index (χ1) is 29.4. The zero-order chi connectivity index (χ0) is 45.0. The highest BCUT2D eigenvalue weighted by Crippen LogP contribution is 2.47. The first kappa shape index (κ1) is 57.3. The van der Waals surface area contributed by atoms with Crippen LogP contribution in [0.15, 0.2) is 24.3 Å². The summed E-state index contributed by atoms with van der Waals surface area (Å²) >= 11 is 0. The minimum Gasteiger partial charge on any atom is -0.462 e. The second-order valence-electron chi connectivity index (χ2n) is 17.0. The van der Waals surface area contributed by atoms with E-state index < -0.39 is 75.7 Å². The van der Waals surface area contributed by atoms with Gasteiger partial charge in [0.15, 0.2) is 6.10 Å². The number of hydrogen-bond acceptors (Lipinski definition) is 12. The maximum atomic E-state index is 12.8. The molecule has 6 unspecified atom stereocenters. The van der Waals surface area contributed by atoms with E-state index in [4.69, 9.17) is 18.5 Å². The lowest BCUT2D eigenvalue weighted by molar-refractivity contribution is -0.220. The maximum absolute atomic E-state index is 12.8. The highest BCUT2D eigenvalue weighted by molar-refractivity contribution is 7.47. The third-order valence-electron chi connectivity index (χ3n) is 11.3. The van der Waals surface area contributed by atoms with Gasteiger partial charge in [-0.05, 0) is 44.9 Å². The summed E-state index contributed by atoms with van der Waals surface area (Å²) in [7, 11) is -5.12. The van der Waals surface area contributed by atoms with Crippen LogP contribution in [0.5, 0.6) is 0 Å². The second kappa shape index (κ2) is 37.7. The summed E-state index contributed by atoms with van der Waals surface area (Å²) in [6.45, 7) is 3.29. The molecule has 0 aromatic rings. The van der Waals surface area contributed by atoms with Crippen LogP contribution in [-0.2, 0) is 32.7 Å². The van der Waals surface area contributed by atoms with Gasteiger partial charge in [-0.2, -0.15) is 0 Å². The van der Waals surface area contributed by atoms with Crippen LogP contribution in [0.25, 0.3) is 0 Å². The van der Waals surface area contributed by atoms with Gasteiger partial charge >= 0.3 is 19.8 Å². The lowest BCUT2D eigenvalue weighted by Crippen LogP contribution is -2.64. The van der Waals surface area contributed by atoms with Crippen molar-refractivity contribution in [3.8, 4) is 0 Å². The summed E-state index contributed by atoms with van der Waals surface area (Å²) in [5.74, 6) is -1.10. The summed E-state index contributed by atoms with van der Waals surface area (Å²) in [4.78, 5) is 35.7. The Bertz CT molecular complexity index is 1170. The lowest BCUT2D eigenvalue weighted by Gasteiger charge is -2.41. The Morgan fingerprint density at radius 2 is 0.885 bits per heavy atom. The van der Waals surface area contributed by atoms with Crippen molar-refractivity contribution in [1.29, 1.82) is 0 Å². The Labute approximate surface area is 368 Å². The van der Waals surface area contributed by atoms with Gasteiger partial charge in [-0.15, -0.1) is 0 Å². The van der Waals surface area contributed by atoms with Crippen molar-refractivity contribution in [2.45, 2.75) is 249 Å². The minimum atomic E-state index is -5.12. The van der Waals surface area contributed by atoms with Crippen molar-refractivity contribution < 1.29 is 63.1 Å². The smallest absolute Gasteiger partial charge is 0.462 e. The van der Waals surface area contributed by atoms with E-state index in [-0.39, 0.29) is 12.8 Å². The number of allylic oxidation sites excluding steroid dienone is 4. The van der Waals surface area contributed by atoms with Crippen molar-refractivity contribution in [2.24, 2.45) is 0 Å². The van der Waals surface area contributed by atoms with Crippen LogP contribution >= 0.6 is 7.82 Å². The van der Waals surface area contributed by atoms with Gasteiger partial charge in [-0.25, -0.2) is 4.57 Å². The number of phosphoric acid groups is 1. The molecule has 14 heteroatoms. The van der Waals surface area contributed by atoms with Crippen molar-refractivity contribution in [3.63, 3.8) is 0 Å². The van der Waals surface area contributed by atoms with E-state index in [1.165, 1.54) is 89.9 Å². The monoisotopic (exact) mass is 891 g/mol. The van der Waals surface area contributed by atoms with Crippen molar-refractivity contribution in [3.05, 3.63) is 24.3 Å². The first-order valence-electron chi connectivity index (χ1n) is 24.1. The van der Waals surface area contributed by atoms with E-state index in [0.717, 1.165) is 77.0 Å². The Hall–Kier alpha value is -1.67. The highest BCUT2D eigenvalue weighted by atomic mass is 31.2. The average molecular weight is 891 g/mol. The number of carbonyl (C=O) groups excluding carboxylic acids is 2. The quantitative estimate of drug-likeness (QED) is 0.0147. The number of carbonyl (C=O) groups is 2.